The van der Waals surface area contributed by atoms with Crippen LogP contribution in [0.15, 0.2) is 11.3 Å². The van der Waals surface area contributed by atoms with Gasteiger partial charge >= 0.3 is 0 Å². The first-order valence-electron chi connectivity index (χ1n) is 4.03. The highest BCUT2D eigenvalue weighted by atomic mass is 32.1. The van der Waals surface area contributed by atoms with Crippen LogP contribution in [0.25, 0.3) is 0 Å². The number of likely N-dealkylation sites (N-methyl/N-ethyl adjacent to an activating group) is 1. The summed E-state index contributed by atoms with van der Waals surface area (Å²) in [4.78, 5) is 2.28. The number of thiocarbonyl (C=S) groups is 1. The zero-order valence-corrected chi connectivity index (χ0v) is 8.37. The number of nitrogens with zero attached hydrogens (tertiary/aromatic N) is 1. The zero-order chi connectivity index (χ0) is 9.14. The smallest absolute Gasteiger partial charge is 0.167 e. The maximum absolute atomic E-state index is 5.39. The molecule has 0 aromatic heterocycles. The first kappa shape index (κ1) is 9.48. The van der Waals surface area contributed by atoms with E-state index in [9.17, 15) is 0 Å². The van der Waals surface area contributed by atoms with Crippen LogP contribution in [-0.2, 0) is 0 Å². The molecule has 1 rings (SSSR count). The van der Waals surface area contributed by atoms with Crippen LogP contribution in [0, 0.1) is 0 Å². The van der Waals surface area contributed by atoms with Gasteiger partial charge in [0.25, 0.3) is 0 Å². The van der Waals surface area contributed by atoms with Crippen molar-refractivity contribution in [1.29, 1.82) is 0 Å². The third-order valence-corrected chi connectivity index (χ3v) is 2.14. The molecule has 0 radical (unpaired) electrons. The van der Waals surface area contributed by atoms with E-state index in [4.69, 9.17) is 18.0 Å². The average Bonchev–Trinajstić information content (AvgIpc) is 1.94. The lowest BCUT2D eigenvalue weighted by molar-refractivity contribution is 0.344. The summed E-state index contributed by atoms with van der Waals surface area (Å²) in [7, 11) is 2.11. The first-order chi connectivity index (χ1) is 5.59. The summed E-state index contributed by atoms with van der Waals surface area (Å²) in [5.41, 5.74) is 7.92. The molecule has 12 heavy (non-hydrogen) atoms. The molecular formula is C8H15N3S. The Hall–Kier alpha value is -0.610. The number of nitrogens with one attached hydrogen (secondary N) is 1. The van der Waals surface area contributed by atoms with Gasteiger partial charge in [-0.25, -0.2) is 0 Å². The van der Waals surface area contributed by atoms with Gasteiger partial charge in [-0.05, 0) is 31.8 Å². The third-order valence-electron chi connectivity index (χ3n) is 2.04. The highest BCUT2D eigenvalue weighted by Crippen LogP contribution is 2.13. The molecule has 0 saturated carbocycles. The summed E-state index contributed by atoms with van der Waals surface area (Å²) in [6, 6.07) is 0. The molecule has 68 valence electrons. The third kappa shape index (κ3) is 2.46. The van der Waals surface area contributed by atoms with Gasteiger partial charge in [0.15, 0.2) is 5.11 Å². The lowest BCUT2D eigenvalue weighted by atomic mass is 10.1. The minimum atomic E-state index is 0.369. The Morgan fingerprint density at radius 3 is 2.83 bits per heavy atom. The minimum Gasteiger partial charge on any atom is -0.376 e. The molecule has 0 aromatic carbocycles. The topological polar surface area (TPSA) is 41.3 Å². The second-order valence-corrected chi connectivity index (χ2v) is 3.68. The molecule has 0 spiro atoms. The Balaban J connectivity index is 2.62. The quantitative estimate of drug-likeness (QED) is 0.581. The van der Waals surface area contributed by atoms with E-state index in [-0.39, 0.29) is 0 Å². The van der Waals surface area contributed by atoms with Gasteiger partial charge in [0.1, 0.15) is 0 Å². The Kier molecular flexibility index (Phi) is 3.05. The van der Waals surface area contributed by atoms with E-state index in [1.54, 1.807) is 0 Å². The predicted octanol–water partition coefficient (Wildman–Crippen LogP) is 0.429. The molecule has 1 aliphatic rings. The van der Waals surface area contributed by atoms with Gasteiger partial charge in [0.2, 0.25) is 0 Å². The van der Waals surface area contributed by atoms with E-state index in [2.05, 4.69) is 24.2 Å². The lowest BCUT2D eigenvalue weighted by Gasteiger charge is -2.26. The van der Waals surface area contributed by atoms with Gasteiger partial charge in [-0.15, -0.1) is 0 Å². The molecular weight excluding hydrogens is 170 g/mol. The molecule has 3 nitrogen and oxygen atoms in total. The Morgan fingerprint density at radius 2 is 2.33 bits per heavy atom. The molecule has 0 atom stereocenters. The van der Waals surface area contributed by atoms with Crippen molar-refractivity contribution in [3.63, 3.8) is 0 Å². The summed E-state index contributed by atoms with van der Waals surface area (Å²) in [6.45, 7) is 4.18. The molecule has 0 amide bonds. The number of hydrogen-bond donors (Lipinski definition) is 2. The van der Waals surface area contributed by atoms with Crippen LogP contribution in [-0.4, -0.2) is 30.1 Å². The average molecular weight is 185 g/mol. The van der Waals surface area contributed by atoms with Gasteiger partial charge in [0.05, 0.1) is 0 Å². The van der Waals surface area contributed by atoms with Crippen molar-refractivity contribution >= 4 is 17.3 Å². The summed E-state index contributed by atoms with van der Waals surface area (Å²) in [6.07, 6.45) is 1.01. The minimum absolute atomic E-state index is 0.369. The van der Waals surface area contributed by atoms with Gasteiger partial charge in [-0.2, -0.15) is 0 Å². The van der Waals surface area contributed by atoms with E-state index < -0.39 is 0 Å². The van der Waals surface area contributed by atoms with Crippen molar-refractivity contribution in [3.05, 3.63) is 11.3 Å². The number of hydrogen-bond acceptors (Lipinski definition) is 2. The lowest BCUT2D eigenvalue weighted by Crippen LogP contribution is -2.36. The molecule has 0 fully saturated rings. The Morgan fingerprint density at radius 1 is 1.67 bits per heavy atom. The van der Waals surface area contributed by atoms with E-state index >= 15 is 0 Å². The van der Waals surface area contributed by atoms with Crippen LogP contribution in [0.4, 0.5) is 0 Å². The zero-order valence-electron chi connectivity index (χ0n) is 7.55. The van der Waals surface area contributed by atoms with Crippen LogP contribution in [0.5, 0.6) is 0 Å². The van der Waals surface area contributed by atoms with Gasteiger partial charge in [-0.1, -0.05) is 0 Å². The van der Waals surface area contributed by atoms with Crippen LogP contribution in [0.2, 0.25) is 0 Å². The van der Waals surface area contributed by atoms with E-state index in [0.29, 0.717) is 5.11 Å². The normalized spacial score (nSPS) is 19.5. The Bertz CT molecular complexity index is 222. The van der Waals surface area contributed by atoms with Gasteiger partial charge in [0, 0.05) is 25.2 Å². The second-order valence-electron chi connectivity index (χ2n) is 3.24. The SMILES string of the molecule is CC1=C(NC(N)=S)CCN(C)C1. The largest absolute Gasteiger partial charge is 0.376 e. The first-order valence-corrected chi connectivity index (χ1v) is 4.44. The molecule has 1 aliphatic heterocycles. The van der Waals surface area contributed by atoms with E-state index in [1.807, 2.05) is 0 Å². The van der Waals surface area contributed by atoms with E-state index in [0.717, 1.165) is 19.5 Å². The standard InChI is InChI=1S/C8H15N3S/c1-6-5-11(2)4-3-7(6)10-8(9)12/h3-5H2,1-2H3,(H3,9,10,12). The molecule has 1 heterocycles. The van der Waals surface area contributed by atoms with Crippen molar-refractivity contribution in [2.45, 2.75) is 13.3 Å². The highest BCUT2D eigenvalue weighted by Gasteiger charge is 2.12. The molecule has 0 aromatic rings. The van der Waals surface area contributed by atoms with Crippen LogP contribution in [0.1, 0.15) is 13.3 Å². The van der Waals surface area contributed by atoms with Crippen molar-refractivity contribution in [2.24, 2.45) is 5.73 Å². The van der Waals surface area contributed by atoms with Crippen LogP contribution >= 0.6 is 12.2 Å². The molecule has 4 heteroatoms. The van der Waals surface area contributed by atoms with Gasteiger partial charge < -0.3 is 16.0 Å². The molecule has 0 saturated heterocycles. The molecule has 3 N–H and O–H groups in total. The summed E-state index contributed by atoms with van der Waals surface area (Å²) >= 11 is 4.78. The fourth-order valence-electron chi connectivity index (χ4n) is 1.41. The van der Waals surface area contributed by atoms with Crippen LogP contribution < -0.4 is 11.1 Å². The van der Waals surface area contributed by atoms with Crippen molar-refractivity contribution in [1.82, 2.24) is 10.2 Å². The maximum atomic E-state index is 5.39. The van der Waals surface area contributed by atoms with Crippen LogP contribution in [0.3, 0.4) is 0 Å². The fourth-order valence-corrected chi connectivity index (χ4v) is 1.54. The summed E-state index contributed by atoms with van der Waals surface area (Å²) in [5.74, 6) is 0. The molecule has 0 bridgehead atoms. The predicted molar refractivity (Wildman–Crippen MR) is 54.7 cm³/mol. The maximum Gasteiger partial charge on any atom is 0.167 e. The Labute approximate surface area is 78.6 Å². The van der Waals surface area contributed by atoms with Crippen molar-refractivity contribution < 1.29 is 0 Å². The summed E-state index contributed by atoms with van der Waals surface area (Å²) < 4.78 is 0. The number of nitrogens with two attached hydrogens (primary N) is 1. The monoisotopic (exact) mass is 185 g/mol. The fraction of sp³-hybridized carbons (Fsp3) is 0.625. The van der Waals surface area contributed by atoms with Crippen molar-refractivity contribution in [3.8, 4) is 0 Å². The summed E-state index contributed by atoms with van der Waals surface area (Å²) in [5, 5.41) is 3.38. The van der Waals surface area contributed by atoms with Crippen molar-refractivity contribution in [2.75, 3.05) is 20.1 Å². The van der Waals surface area contributed by atoms with Gasteiger partial charge in [-0.3, -0.25) is 0 Å². The molecule has 0 aliphatic carbocycles. The second kappa shape index (κ2) is 3.87. The highest BCUT2D eigenvalue weighted by molar-refractivity contribution is 7.80. The number of rotatable bonds is 1. The molecule has 0 unspecified atom stereocenters. The van der Waals surface area contributed by atoms with E-state index in [1.165, 1.54) is 11.3 Å².